The van der Waals surface area contributed by atoms with Crippen LogP contribution in [-0.4, -0.2) is 68.1 Å². The Balaban J connectivity index is 1.82. The number of aliphatic hydroxyl groups excluding tert-OH is 1. The summed E-state index contributed by atoms with van der Waals surface area (Å²) >= 11 is 0. The quantitative estimate of drug-likeness (QED) is 0.784. The Bertz CT molecular complexity index is 619. The maximum absolute atomic E-state index is 11.7. The molecule has 1 atom stereocenters. The Kier molecular flexibility index (Phi) is 7.50. The van der Waals surface area contributed by atoms with Crippen molar-refractivity contribution in [2.45, 2.75) is 46.1 Å². The van der Waals surface area contributed by atoms with Gasteiger partial charge in [-0.3, -0.25) is 4.90 Å². The molecule has 1 aromatic rings. The van der Waals surface area contributed by atoms with Crippen LogP contribution in [0.4, 0.5) is 4.79 Å². The van der Waals surface area contributed by atoms with Gasteiger partial charge in [0.25, 0.3) is 0 Å². The van der Waals surface area contributed by atoms with E-state index in [9.17, 15) is 9.90 Å². The lowest BCUT2D eigenvalue weighted by atomic mass is 9.85. The fourth-order valence-electron chi connectivity index (χ4n) is 3.36. The second-order valence-corrected chi connectivity index (χ2v) is 8.35. The van der Waals surface area contributed by atoms with E-state index in [2.05, 4.69) is 33.8 Å². The van der Waals surface area contributed by atoms with Crippen LogP contribution in [0.1, 0.15) is 38.8 Å². The normalized spacial score (nSPS) is 16.9. The number of ether oxygens (including phenoxy) is 2. The van der Waals surface area contributed by atoms with Crippen molar-refractivity contribution >= 4 is 6.09 Å². The smallest absolute Gasteiger partial charge is 0.410 e. The molecule has 2 N–H and O–H groups in total. The van der Waals surface area contributed by atoms with Crippen LogP contribution in [0, 0.1) is 6.92 Å². The second kappa shape index (κ2) is 9.42. The third-order valence-electron chi connectivity index (χ3n) is 4.90. The predicted octanol–water partition coefficient (Wildman–Crippen LogP) is 1.39. The number of nitrogens with one attached hydrogen (secondary N) is 1. The van der Waals surface area contributed by atoms with Crippen LogP contribution in [0.2, 0.25) is 0 Å². The van der Waals surface area contributed by atoms with Gasteiger partial charge in [0.05, 0.1) is 32.8 Å². The van der Waals surface area contributed by atoms with Crippen LogP contribution >= 0.6 is 0 Å². The van der Waals surface area contributed by atoms with E-state index in [4.69, 9.17) is 9.47 Å². The molecule has 1 aromatic carbocycles. The Labute approximate surface area is 163 Å². The van der Waals surface area contributed by atoms with Gasteiger partial charge in [-0.2, -0.15) is 0 Å². The first-order valence-electron chi connectivity index (χ1n) is 9.88. The number of rotatable bonds is 6. The highest BCUT2D eigenvalue weighted by molar-refractivity contribution is 5.67. The number of carbonyl (C=O) groups excluding carboxylic acids is 1. The topological polar surface area (TPSA) is 63.4 Å². The second-order valence-electron chi connectivity index (χ2n) is 8.35. The van der Waals surface area contributed by atoms with E-state index in [-0.39, 0.29) is 18.1 Å². The molecule has 2 rings (SSSR count). The van der Waals surface area contributed by atoms with Crippen molar-refractivity contribution in [2.75, 3.05) is 45.9 Å². The summed E-state index contributed by atoms with van der Waals surface area (Å²) in [4.78, 5) is 14.8. The molecule has 0 saturated carbocycles. The first-order valence-corrected chi connectivity index (χ1v) is 9.88. The van der Waals surface area contributed by atoms with Gasteiger partial charge in [0.1, 0.15) is 25.0 Å². The Morgan fingerprint density at radius 3 is 2.56 bits per heavy atom. The molecule has 0 spiro atoms. The van der Waals surface area contributed by atoms with Crippen molar-refractivity contribution in [3.05, 3.63) is 29.3 Å². The van der Waals surface area contributed by atoms with Crippen molar-refractivity contribution < 1.29 is 24.3 Å². The first-order chi connectivity index (χ1) is 12.7. The molecule has 27 heavy (non-hydrogen) atoms. The van der Waals surface area contributed by atoms with Gasteiger partial charge >= 0.3 is 6.09 Å². The van der Waals surface area contributed by atoms with Crippen LogP contribution in [0.25, 0.3) is 0 Å². The molecule has 0 radical (unpaired) electrons. The Morgan fingerprint density at radius 1 is 1.30 bits per heavy atom. The number of aliphatic hydroxyl groups is 1. The molecule has 0 unspecified atom stereocenters. The molecule has 1 amide bonds. The summed E-state index contributed by atoms with van der Waals surface area (Å²) in [5, 5.41) is 10.4. The van der Waals surface area contributed by atoms with Crippen molar-refractivity contribution in [1.29, 1.82) is 0 Å². The molecule has 1 saturated heterocycles. The van der Waals surface area contributed by atoms with Crippen molar-refractivity contribution in [1.82, 2.24) is 4.90 Å². The number of piperazine rings is 1. The van der Waals surface area contributed by atoms with Gasteiger partial charge in [-0.1, -0.05) is 38.5 Å². The van der Waals surface area contributed by atoms with E-state index >= 15 is 0 Å². The molecule has 0 bridgehead atoms. The minimum Gasteiger partial charge on any atom is -0.490 e. The van der Waals surface area contributed by atoms with Crippen LogP contribution < -0.4 is 9.64 Å². The minimum atomic E-state index is -0.539. The third kappa shape index (κ3) is 6.40. The zero-order valence-electron chi connectivity index (χ0n) is 17.4. The number of aryl methyl sites for hydroxylation is 1. The van der Waals surface area contributed by atoms with Crippen molar-refractivity contribution in [2.24, 2.45) is 0 Å². The summed E-state index contributed by atoms with van der Waals surface area (Å²) in [5.74, 6) is 0.842. The molecule has 6 nitrogen and oxygen atoms in total. The molecular weight excluding hydrogens is 344 g/mol. The SMILES string of the molecule is CCOC(=O)N1CC[NH+](C[C@H](O)COc2ccc(C)cc2C(C)(C)C)CC1. The van der Waals surface area contributed by atoms with Gasteiger partial charge in [0.15, 0.2) is 0 Å². The molecule has 1 heterocycles. The number of carbonyl (C=O) groups is 1. The van der Waals surface area contributed by atoms with E-state index in [1.807, 2.05) is 19.1 Å². The Morgan fingerprint density at radius 2 is 1.96 bits per heavy atom. The standard InChI is InChI=1S/C21H34N2O4/c1-6-26-20(25)23-11-9-22(10-12-23)14-17(24)15-27-19-8-7-16(2)13-18(19)21(3,4)5/h7-8,13,17,24H,6,9-12,14-15H2,1-5H3/p+1/t17-/m0/s1. The first kappa shape index (κ1) is 21.5. The molecule has 1 fully saturated rings. The number of benzene rings is 1. The largest absolute Gasteiger partial charge is 0.490 e. The lowest BCUT2D eigenvalue weighted by molar-refractivity contribution is -0.907. The highest BCUT2D eigenvalue weighted by atomic mass is 16.6. The van der Waals surface area contributed by atoms with Crippen LogP contribution in [0.5, 0.6) is 5.75 Å². The minimum absolute atomic E-state index is 0.0129. The maximum Gasteiger partial charge on any atom is 0.410 e. The number of nitrogens with zero attached hydrogens (tertiary/aromatic N) is 1. The molecule has 6 heteroatoms. The van der Waals surface area contributed by atoms with E-state index < -0.39 is 6.10 Å². The van der Waals surface area contributed by atoms with E-state index in [1.165, 1.54) is 10.5 Å². The maximum atomic E-state index is 11.7. The van der Waals surface area contributed by atoms with Crippen molar-refractivity contribution in [3.63, 3.8) is 0 Å². The summed E-state index contributed by atoms with van der Waals surface area (Å²) in [6.45, 7) is 14.6. The van der Waals surface area contributed by atoms with Crippen LogP contribution in [0.3, 0.4) is 0 Å². The summed E-state index contributed by atoms with van der Waals surface area (Å²) in [6, 6.07) is 6.19. The fourth-order valence-corrected chi connectivity index (χ4v) is 3.36. The number of amides is 1. The van der Waals surface area contributed by atoms with Crippen LogP contribution in [0.15, 0.2) is 18.2 Å². The van der Waals surface area contributed by atoms with Gasteiger partial charge in [0.2, 0.25) is 0 Å². The third-order valence-corrected chi connectivity index (χ3v) is 4.90. The zero-order valence-corrected chi connectivity index (χ0v) is 17.4. The summed E-state index contributed by atoms with van der Waals surface area (Å²) in [7, 11) is 0. The monoisotopic (exact) mass is 379 g/mol. The van der Waals surface area contributed by atoms with E-state index in [0.29, 0.717) is 26.2 Å². The lowest BCUT2D eigenvalue weighted by Gasteiger charge is -2.32. The molecule has 0 aromatic heterocycles. The highest BCUT2D eigenvalue weighted by Gasteiger charge is 2.26. The summed E-state index contributed by atoms with van der Waals surface area (Å²) in [6.07, 6.45) is -0.780. The van der Waals surface area contributed by atoms with Gasteiger partial charge in [-0.15, -0.1) is 0 Å². The zero-order chi connectivity index (χ0) is 20.0. The Hall–Kier alpha value is -1.79. The van der Waals surface area contributed by atoms with Gasteiger partial charge in [0, 0.05) is 0 Å². The highest BCUT2D eigenvalue weighted by Crippen LogP contribution is 2.32. The molecule has 152 valence electrons. The average molecular weight is 380 g/mol. The summed E-state index contributed by atoms with van der Waals surface area (Å²) < 4.78 is 11.0. The number of hydrogen-bond acceptors (Lipinski definition) is 4. The number of quaternary nitrogens is 1. The van der Waals surface area contributed by atoms with E-state index in [1.54, 1.807) is 4.90 Å². The van der Waals surface area contributed by atoms with Gasteiger partial charge in [-0.25, -0.2) is 4.79 Å². The lowest BCUT2D eigenvalue weighted by Crippen LogP contribution is -3.16. The molecular formula is C21H35N2O4+. The number of hydrogen-bond donors (Lipinski definition) is 2. The average Bonchev–Trinajstić information content (AvgIpc) is 2.60. The fraction of sp³-hybridized carbons (Fsp3) is 0.667. The summed E-state index contributed by atoms with van der Waals surface area (Å²) in [5.41, 5.74) is 2.35. The molecule has 1 aliphatic heterocycles. The van der Waals surface area contributed by atoms with Crippen LogP contribution in [-0.2, 0) is 10.2 Å². The van der Waals surface area contributed by atoms with Gasteiger partial charge in [-0.05, 0) is 30.9 Å². The van der Waals surface area contributed by atoms with Crippen molar-refractivity contribution in [3.8, 4) is 5.75 Å². The molecule has 1 aliphatic rings. The van der Waals surface area contributed by atoms with E-state index in [0.717, 1.165) is 24.4 Å². The predicted molar refractivity (Wildman–Crippen MR) is 106 cm³/mol. The van der Waals surface area contributed by atoms with Gasteiger partial charge < -0.3 is 19.5 Å². The molecule has 0 aliphatic carbocycles.